The lowest BCUT2D eigenvalue weighted by Gasteiger charge is -2.28. The molecule has 0 radical (unpaired) electrons. The van der Waals surface area contributed by atoms with E-state index in [4.69, 9.17) is 4.74 Å². The number of ether oxygens (including phenoxy) is 1. The second kappa shape index (κ2) is 6.52. The highest BCUT2D eigenvalue weighted by molar-refractivity contribution is 7.89. The molecular weight excluding hydrogens is 328 g/mol. The Morgan fingerprint density at radius 3 is 2.79 bits per heavy atom. The number of aromatic nitrogens is 3. The van der Waals surface area contributed by atoms with Crippen molar-refractivity contribution in [1.82, 2.24) is 19.1 Å². The van der Waals surface area contributed by atoms with E-state index in [1.54, 1.807) is 30.4 Å². The van der Waals surface area contributed by atoms with Crippen LogP contribution in [0, 0.1) is 0 Å². The van der Waals surface area contributed by atoms with Gasteiger partial charge in [-0.1, -0.05) is 6.07 Å². The van der Waals surface area contributed by atoms with Crippen molar-refractivity contribution in [2.24, 2.45) is 7.05 Å². The molecule has 0 unspecified atom stereocenters. The van der Waals surface area contributed by atoms with Crippen LogP contribution in [0.15, 0.2) is 24.4 Å². The lowest BCUT2D eigenvalue weighted by molar-refractivity contribution is 0.285. The third-order valence-electron chi connectivity index (χ3n) is 4.24. The molecule has 0 N–H and O–H groups in total. The first kappa shape index (κ1) is 16.9. The lowest BCUT2D eigenvalue weighted by Crippen LogP contribution is -2.40. The third-order valence-corrected chi connectivity index (χ3v) is 6.46. The topological polar surface area (TPSA) is 77.3 Å². The molecule has 1 aliphatic heterocycles. The Morgan fingerprint density at radius 1 is 1.33 bits per heavy atom. The minimum atomic E-state index is -3.27. The van der Waals surface area contributed by atoms with Crippen molar-refractivity contribution in [2.75, 3.05) is 6.54 Å². The van der Waals surface area contributed by atoms with E-state index >= 15 is 0 Å². The molecule has 130 valence electrons. The van der Waals surface area contributed by atoms with E-state index in [2.05, 4.69) is 10.1 Å². The number of rotatable bonds is 5. The van der Waals surface area contributed by atoms with Crippen LogP contribution in [-0.4, -0.2) is 39.3 Å². The van der Waals surface area contributed by atoms with Gasteiger partial charge in [0.1, 0.15) is 12.3 Å². The number of pyridine rings is 1. The van der Waals surface area contributed by atoms with Gasteiger partial charge in [0.25, 0.3) is 0 Å². The fraction of sp³-hybridized carbons (Fsp3) is 0.500. The van der Waals surface area contributed by atoms with Crippen molar-refractivity contribution in [1.29, 1.82) is 0 Å². The van der Waals surface area contributed by atoms with Gasteiger partial charge < -0.3 is 4.74 Å². The first-order valence-electron chi connectivity index (χ1n) is 7.96. The Labute approximate surface area is 142 Å². The fourth-order valence-corrected chi connectivity index (χ4v) is 4.10. The highest BCUT2D eigenvalue weighted by Crippen LogP contribution is 2.26. The van der Waals surface area contributed by atoms with Gasteiger partial charge in [0.15, 0.2) is 0 Å². The molecule has 2 aromatic heterocycles. The van der Waals surface area contributed by atoms with E-state index < -0.39 is 15.3 Å². The van der Waals surface area contributed by atoms with Gasteiger partial charge in [0, 0.05) is 50.1 Å². The summed E-state index contributed by atoms with van der Waals surface area (Å²) in [5.74, 6) is 0.527. The molecule has 0 spiro atoms. The van der Waals surface area contributed by atoms with E-state index in [-0.39, 0.29) is 6.61 Å². The predicted octanol–water partition coefficient (Wildman–Crippen LogP) is 1.49. The van der Waals surface area contributed by atoms with Crippen molar-refractivity contribution in [2.45, 2.75) is 38.7 Å². The zero-order valence-electron chi connectivity index (χ0n) is 14.1. The highest BCUT2D eigenvalue weighted by Gasteiger charge is 2.32. The molecule has 24 heavy (non-hydrogen) atoms. The van der Waals surface area contributed by atoms with Crippen LogP contribution in [0.1, 0.15) is 30.8 Å². The standard InChI is InChI=1S/C16H22N4O3S/c1-12(2)24(21,22)20-9-7-15-13(10-20)14(18-19(15)3)11-23-16-6-4-5-8-17-16/h4-6,8,12H,7,9-11H2,1-3H3. The molecule has 0 bridgehead atoms. The molecule has 0 aromatic carbocycles. The average Bonchev–Trinajstić information content (AvgIpc) is 2.89. The summed E-state index contributed by atoms with van der Waals surface area (Å²) in [6.45, 7) is 4.53. The van der Waals surface area contributed by atoms with Crippen LogP contribution < -0.4 is 4.74 Å². The van der Waals surface area contributed by atoms with E-state index in [0.29, 0.717) is 25.4 Å². The van der Waals surface area contributed by atoms with Gasteiger partial charge in [-0.05, 0) is 19.9 Å². The maximum atomic E-state index is 12.5. The quantitative estimate of drug-likeness (QED) is 0.816. The van der Waals surface area contributed by atoms with Gasteiger partial charge in [-0.25, -0.2) is 13.4 Å². The van der Waals surface area contributed by atoms with Gasteiger partial charge in [-0.2, -0.15) is 9.40 Å². The number of aryl methyl sites for hydroxylation is 1. The van der Waals surface area contributed by atoms with Gasteiger partial charge in [0.2, 0.25) is 15.9 Å². The predicted molar refractivity (Wildman–Crippen MR) is 89.9 cm³/mol. The monoisotopic (exact) mass is 350 g/mol. The summed E-state index contributed by atoms with van der Waals surface area (Å²) in [5.41, 5.74) is 2.79. The molecule has 0 saturated heterocycles. The summed E-state index contributed by atoms with van der Waals surface area (Å²) in [6, 6.07) is 5.46. The summed E-state index contributed by atoms with van der Waals surface area (Å²) in [4.78, 5) is 4.13. The number of hydrogen-bond acceptors (Lipinski definition) is 5. The van der Waals surface area contributed by atoms with Crippen LogP contribution in [0.4, 0.5) is 0 Å². The van der Waals surface area contributed by atoms with E-state index in [9.17, 15) is 8.42 Å². The van der Waals surface area contributed by atoms with Crippen LogP contribution in [0.2, 0.25) is 0 Å². The summed E-state index contributed by atoms with van der Waals surface area (Å²) in [6.07, 6.45) is 2.33. The molecule has 0 amide bonds. The Hall–Kier alpha value is -1.93. The maximum Gasteiger partial charge on any atom is 0.216 e. The summed E-state index contributed by atoms with van der Waals surface area (Å²) in [5, 5.41) is 4.08. The minimum Gasteiger partial charge on any atom is -0.471 e. The van der Waals surface area contributed by atoms with Crippen molar-refractivity contribution in [3.8, 4) is 5.88 Å². The van der Waals surface area contributed by atoms with Crippen LogP contribution >= 0.6 is 0 Å². The van der Waals surface area contributed by atoms with Gasteiger partial charge in [0.05, 0.1) is 5.25 Å². The normalized spacial score (nSPS) is 15.5. The fourth-order valence-electron chi connectivity index (χ4n) is 2.85. The number of sulfonamides is 1. The van der Waals surface area contributed by atoms with Crippen LogP contribution in [0.25, 0.3) is 0 Å². The van der Waals surface area contributed by atoms with Crippen LogP contribution in [0.3, 0.4) is 0 Å². The molecule has 3 heterocycles. The SMILES string of the molecule is CC(C)S(=O)(=O)N1CCc2c(c(COc3ccccn3)nn2C)C1. The van der Waals surface area contributed by atoms with E-state index in [0.717, 1.165) is 17.0 Å². The first-order chi connectivity index (χ1) is 11.4. The third kappa shape index (κ3) is 3.16. The molecule has 8 heteroatoms. The molecular formula is C16H22N4O3S. The minimum absolute atomic E-state index is 0.274. The van der Waals surface area contributed by atoms with Crippen LogP contribution in [0.5, 0.6) is 5.88 Å². The Kier molecular flexibility index (Phi) is 4.60. The summed E-state index contributed by atoms with van der Waals surface area (Å²) >= 11 is 0. The van der Waals surface area contributed by atoms with Crippen LogP contribution in [-0.2, 0) is 36.6 Å². The molecule has 0 aliphatic carbocycles. The van der Waals surface area contributed by atoms with Crippen molar-refractivity contribution in [3.63, 3.8) is 0 Å². The lowest BCUT2D eigenvalue weighted by atomic mass is 10.1. The number of nitrogens with zero attached hydrogens (tertiary/aromatic N) is 4. The second-order valence-electron chi connectivity index (χ2n) is 6.13. The van der Waals surface area contributed by atoms with Gasteiger partial charge in [-0.15, -0.1) is 0 Å². The zero-order valence-corrected chi connectivity index (χ0v) is 15.0. The molecule has 0 atom stereocenters. The maximum absolute atomic E-state index is 12.5. The number of hydrogen-bond donors (Lipinski definition) is 0. The Bertz CT molecular complexity index is 815. The van der Waals surface area contributed by atoms with E-state index in [1.807, 2.05) is 23.9 Å². The Morgan fingerprint density at radius 2 is 2.12 bits per heavy atom. The Balaban J connectivity index is 1.82. The molecule has 7 nitrogen and oxygen atoms in total. The molecule has 2 aromatic rings. The molecule has 0 fully saturated rings. The molecule has 1 aliphatic rings. The number of fused-ring (bicyclic) bond motifs is 1. The summed E-state index contributed by atoms with van der Waals surface area (Å²) < 4.78 is 34.0. The van der Waals surface area contributed by atoms with Crippen molar-refractivity contribution < 1.29 is 13.2 Å². The second-order valence-corrected chi connectivity index (χ2v) is 8.62. The highest BCUT2D eigenvalue weighted by atomic mass is 32.2. The van der Waals surface area contributed by atoms with Crippen molar-refractivity contribution in [3.05, 3.63) is 41.3 Å². The van der Waals surface area contributed by atoms with E-state index in [1.165, 1.54) is 0 Å². The average molecular weight is 350 g/mol. The largest absolute Gasteiger partial charge is 0.471 e. The van der Waals surface area contributed by atoms with Gasteiger partial charge >= 0.3 is 0 Å². The smallest absolute Gasteiger partial charge is 0.216 e. The zero-order chi connectivity index (χ0) is 17.3. The molecule has 3 rings (SSSR count). The molecule has 0 saturated carbocycles. The van der Waals surface area contributed by atoms with Crippen molar-refractivity contribution >= 4 is 10.0 Å². The van der Waals surface area contributed by atoms with Gasteiger partial charge in [-0.3, -0.25) is 4.68 Å². The summed E-state index contributed by atoms with van der Waals surface area (Å²) in [7, 11) is -1.39. The first-order valence-corrected chi connectivity index (χ1v) is 9.46.